The van der Waals surface area contributed by atoms with Gasteiger partial charge in [-0.15, -0.1) is 0 Å². The van der Waals surface area contributed by atoms with E-state index >= 15 is 0 Å². The average molecular weight is 276 g/mol. The summed E-state index contributed by atoms with van der Waals surface area (Å²) in [5.41, 5.74) is 2.34. The van der Waals surface area contributed by atoms with Crippen molar-refractivity contribution in [2.75, 3.05) is 0 Å². The summed E-state index contributed by atoms with van der Waals surface area (Å²) in [7, 11) is 0. The fourth-order valence-electron chi connectivity index (χ4n) is 2.06. The molecule has 2 aromatic rings. The molecule has 0 saturated carbocycles. The van der Waals surface area contributed by atoms with Gasteiger partial charge in [0.15, 0.2) is 0 Å². The highest BCUT2D eigenvalue weighted by atomic mass is 16.4. The maximum absolute atomic E-state index is 11.6. The molecule has 0 aliphatic rings. The van der Waals surface area contributed by atoms with Gasteiger partial charge in [-0.05, 0) is 20.3 Å². The monoisotopic (exact) mass is 276 g/mol. The van der Waals surface area contributed by atoms with Crippen molar-refractivity contribution in [2.24, 2.45) is 0 Å². The van der Waals surface area contributed by atoms with E-state index in [0.29, 0.717) is 35.0 Å². The zero-order valence-electron chi connectivity index (χ0n) is 11.6. The molecule has 0 saturated heterocycles. The second-order valence-electron chi connectivity index (χ2n) is 4.55. The third-order valence-electron chi connectivity index (χ3n) is 3.11. The maximum atomic E-state index is 11.6. The summed E-state index contributed by atoms with van der Waals surface area (Å²) in [6.07, 6.45) is 0.535. The number of aliphatic carboxylic acids is 1. The Bertz CT molecular complexity index is 715. The largest absolute Gasteiger partial charge is 0.481 e. The molecule has 0 spiro atoms. The molecule has 7 heteroatoms. The lowest BCUT2D eigenvalue weighted by Crippen LogP contribution is -2.15. The number of hydrogen-bond acceptors (Lipinski definition) is 4. The quantitative estimate of drug-likeness (QED) is 0.858. The second kappa shape index (κ2) is 5.28. The van der Waals surface area contributed by atoms with Crippen LogP contribution in [-0.2, 0) is 17.6 Å². The molecule has 7 nitrogen and oxygen atoms in total. The van der Waals surface area contributed by atoms with Gasteiger partial charge in [0.1, 0.15) is 0 Å². The molecular formula is C13H16N4O3. The van der Waals surface area contributed by atoms with E-state index < -0.39 is 5.97 Å². The van der Waals surface area contributed by atoms with Gasteiger partial charge in [0.05, 0.1) is 12.1 Å². The minimum atomic E-state index is -0.917. The Morgan fingerprint density at radius 1 is 1.45 bits per heavy atom. The van der Waals surface area contributed by atoms with Crippen molar-refractivity contribution in [3.8, 4) is 5.95 Å². The molecule has 0 radical (unpaired) electrons. The Kier molecular flexibility index (Phi) is 3.69. The van der Waals surface area contributed by atoms with Crippen molar-refractivity contribution in [2.45, 2.75) is 33.6 Å². The number of carbonyl (C=O) groups is 1. The van der Waals surface area contributed by atoms with E-state index in [2.05, 4.69) is 15.1 Å². The van der Waals surface area contributed by atoms with Crippen LogP contribution in [0.15, 0.2) is 10.9 Å². The number of nitrogens with zero attached hydrogens (tertiary/aromatic N) is 3. The highest BCUT2D eigenvalue weighted by molar-refractivity contribution is 5.71. The van der Waals surface area contributed by atoms with Crippen LogP contribution in [0.1, 0.15) is 29.6 Å². The molecule has 0 atom stereocenters. The van der Waals surface area contributed by atoms with Gasteiger partial charge in [-0.3, -0.25) is 14.6 Å². The van der Waals surface area contributed by atoms with Crippen LogP contribution in [0.2, 0.25) is 0 Å². The van der Waals surface area contributed by atoms with Crippen molar-refractivity contribution in [1.82, 2.24) is 19.7 Å². The van der Waals surface area contributed by atoms with Crippen molar-refractivity contribution in [3.05, 3.63) is 39.1 Å². The molecule has 0 unspecified atom stereocenters. The van der Waals surface area contributed by atoms with Gasteiger partial charge in [0.25, 0.3) is 5.56 Å². The standard InChI is InChI=1S/C13H16N4O3/c1-4-9-5-11(18)15-13(14-9)17-8(3)10(6-12(19)20)7(2)16-17/h5H,4,6H2,1-3H3,(H,19,20)(H,14,15,18). The van der Waals surface area contributed by atoms with Crippen LogP contribution in [0.4, 0.5) is 0 Å². The Morgan fingerprint density at radius 2 is 2.15 bits per heavy atom. The van der Waals surface area contributed by atoms with Gasteiger partial charge in [-0.1, -0.05) is 6.92 Å². The zero-order valence-corrected chi connectivity index (χ0v) is 11.6. The first kappa shape index (κ1) is 14.0. The van der Waals surface area contributed by atoms with E-state index in [1.54, 1.807) is 13.8 Å². The van der Waals surface area contributed by atoms with E-state index in [1.165, 1.54) is 10.7 Å². The van der Waals surface area contributed by atoms with Crippen molar-refractivity contribution >= 4 is 5.97 Å². The third kappa shape index (κ3) is 2.61. The second-order valence-corrected chi connectivity index (χ2v) is 4.55. The number of aryl methyl sites for hydroxylation is 2. The smallest absolute Gasteiger partial charge is 0.307 e. The molecule has 20 heavy (non-hydrogen) atoms. The fraction of sp³-hybridized carbons (Fsp3) is 0.385. The summed E-state index contributed by atoms with van der Waals surface area (Å²) in [6, 6.07) is 1.44. The van der Waals surface area contributed by atoms with Crippen LogP contribution < -0.4 is 5.56 Å². The highest BCUT2D eigenvalue weighted by Crippen LogP contribution is 2.16. The van der Waals surface area contributed by atoms with Crippen LogP contribution in [0.3, 0.4) is 0 Å². The molecule has 0 aromatic carbocycles. The summed E-state index contributed by atoms with van der Waals surface area (Å²) in [6.45, 7) is 5.41. The first-order valence-corrected chi connectivity index (χ1v) is 6.30. The lowest BCUT2D eigenvalue weighted by atomic mass is 10.1. The molecular weight excluding hydrogens is 260 g/mol. The van der Waals surface area contributed by atoms with Crippen molar-refractivity contribution < 1.29 is 9.90 Å². The Labute approximate surface area is 115 Å². The van der Waals surface area contributed by atoms with Crippen molar-refractivity contribution in [3.63, 3.8) is 0 Å². The first-order valence-electron chi connectivity index (χ1n) is 6.30. The number of aromatic nitrogens is 4. The summed E-state index contributed by atoms with van der Waals surface area (Å²) >= 11 is 0. The van der Waals surface area contributed by atoms with Crippen LogP contribution >= 0.6 is 0 Å². The molecule has 2 rings (SSSR count). The number of carboxylic acid groups (broad SMARTS) is 1. The Morgan fingerprint density at radius 3 is 2.75 bits per heavy atom. The lowest BCUT2D eigenvalue weighted by Gasteiger charge is -2.05. The van der Waals surface area contributed by atoms with Gasteiger partial charge in [0, 0.05) is 23.0 Å². The van der Waals surface area contributed by atoms with Gasteiger partial charge in [-0.2, -0.15) is 5.10 Å². The average Bonchev–Trinajstić information content (AvgIpc) is 2.65. The number of aromatic amines is 1. The minimum Gasteiger partial charge on any atom is -0.481 e. The summed E-state index contributed by atoms with van der Waals surface area (Å²) < 4.78 is 1.48. The number of hydrogen-bond donors (Lipinski definition) is 2. The zero-order chi connectivity index (χ0) is 14.9. The molecule has 2 heterocycles. The lowest BCUT2D eigenvalue weighted by molar-refractivity contribution is -0.136. The van der Waals surface area contributed by atoms with E-state index in [9.17, 15) is 9.59 Å². The Balaban J connectivity index is 2.56. The predicted molar refractivity (Wildman–Crippen MR) is 72.2 cm³/mol. The number of carboxylic acids is 1. The van der Waals surface area contributed by atoms with Gasteiger partial charge in [0.2, 0.25) is 5.95 Å². The molecule has 0 amide bonds. The van der Waals surface area contributed by atoms with Crippen LogP contribution in [0.5, 0.6) is 0 Å². The van der Waals surface area contributed by atoms with E-state index in [1.807, 2.05) is 6.92 Å². The van der Waals surface area contributed by atoms with Crippen molar-refractivity contribution in [1.29, 1.82) is 0 Å². The normalized spacial score (nSPS) is 10.8. The SMILES string of the molecule is CCc1cc(=O)[nH]c(-n2nc(C)c(CC(=O)O)c2C)n1. The van der Waals surface area contributed by atoms with Gasteiger partial charge < -0.3 is 5.11 Å². The van der Waals surface area contributed by atoms with Crippen LogP contribution in [0, 0.1) is 13.8 Å². The highest BCUT2D eigenvalue weighted by Gasteiger charge is 2.16. The number of H-pyrrole nitrogens is 1. The molecule has 106 valence electrons. The van der Waals surface area contributed by atoms with Crippen LogP contribution in [0.25, 0.3) is 5.95 Å². The van der Waals surface area contributed by atoms with Crippen LogP contribution in [-0.4, -0.2) is 30.8 Å². The molecule has 0 aliphatic carbocycles. The maximum Gasteiger partial charge on any atom is 0.307 e. The molecule has 0 bridgehead atoms. The number of nitrogens with one attached hydrogen (secondary N) is 1. The molecule has 0 aliphatic heterocycles. The molecule has 0 fully saturated rings. The minimum absolute atomic E-state index is 0.102. The third-order valence-corrected chi connectivity index (χ3v) is 3.11. The van der Waals surface area contributed by atoms with Gasteiger partial charge in [-0.25, -0.2) is 9.67 Å². The molecule has 2 N–H and O–H groups in total. The number of rotatable bonds is 4. The van der Waals surface area contributed by atoms with E-state index in [0.717, 1.165) is 0 Å². The van der Waals surface area contributed by atoms with Gasteiger partial charge >= 0.3 is 5.97 Å². The summed E-state index contributed by atoms with van der Waals surface area (Å²) in [5, 5.41) is 13.2. The summed E-state index contributed by atoms with van der Waals surface area (Å²) in [4.78, 5) is 29.4. The fourth-order valence-corrected chi connectivity index (χ4v) is 2.06. The van der Waals surface area contributed by atoms with E-state index in [4.69, 9.17) is 5.11 Å². The topological polar surface area (TPSA) is 101 Å². The molecule has 2 aromatic heterocycles. The predicted octanol–water partition coefficient (Wildman–Crippen LogP) is 0.762. The van der Waals surface area contributed by atoms with E-state index in [-0.39, 0.29) is 12.0 Å². The first-order chi connectivity index (χ1) is 9.42. The Hall–Kier alpha value is -2.44. The summed E-state index contributed by atoms with van der Waals surface area (Å²) in [5.74, 6) is -0.605.